The highest BCUT2D eigenvalue weighted by Gasteiger charge is 2.77. The van der Waals surface area contributed by atoms with Gasteiger partial charge in [-0.05, 0) is 13.8 Å². The number of ether oxygens (including phenoxy) is 1. The number of epoxide rings is 1. The van der Waals surface area contributed by atoms with Gasteiger partial charge < -0.3 is 30.3 Å². The van der Waals surface area contributed by atoms with Gasteiger partial charge in [0, 0.05) is 0 Å². The van der Waals surface area contributed by atoms with E-state index in [1.807, 2.05) is 0 Å². The van der Waals surface area contributed by atoms with Crippen LogP contribution in [0.15, 0.2) is 0 Å². The molecule has 2 rings (SSSR count). The lowest BCUT2D eigenvalue weighted by molar-refractivity contribution is -0.210. The first-order chi connectivity index (χ1) is 6.75. The van der Waals surface area contributed by atoms with Crippen molar-refractivity contribution in [2.45, 2.75) is 55.6 Å². The Morgan fingerprint density at radius 1 is 0.800 bits per heavy atom. The number of aliphatic hydroxyl groups excluding tert-OH is 5. The largest absolute Gasteiger partial charge is 0.387 e. The summed E-state index contributed by atoms with van der Waals surface area (Å²) >= 11 is 0. The van der Waals surface area contributed by atoms with E-state index < -0.39 is 41.7 Å². The van der Waals surface area contributed by atoms with Crippen molar-refractivity contribution in [1.29, 1.82) is 0 Å². The van der Waals surface area contributed by atoms with E-state index in [1.165, 1.54) is 0 Å². The molecule has 88 valence electrons. The second-order valence-corrected chi connectivity index (χ2v) is 4.77. The van der Waals surface area contributed by atoms with Crippen LogP contribution < -0.4 is 0 Å². The maximum atomic E-state index is 9.76. The first kappa shape index (κ1) is 11.3. The summed E-state index contributed by atoms with van der Waals surface area (Å²) in [5.74, 6) is 0. The zero-order valence-electron chi connectivity index (χ0n) is 8.53. The summed E-state index contributed by atoms with van der Waals surface area (Å²) in [5.41, 5.74) is -2.21. The van der Waals surface area contributed by atoms with Gasteiger partial charge in [0.15, 0.2) is 5.60 Å². The lowest BCUT2D eigenvalue weighted by Crippen LogP contribution is -2.67. The van der Waals surface area contributed by atoms with Gasteiger partial charge in [-0.25, -0.2) is 0 Å². The van der Waals surface area contributed by atoms with Crippen LogP contribution in [-0.4, -0.2) is 67.3 Å². The van der Waals surface area contributed by atoms with Gasteiger partial charge in [0.2, 0.25) is 0 Å². The second-order valence-electron chi connectivity index (χ2n) is 4.77. The van der Waals surface area contributed by atoms with Gasteiger partial charge in [-0.1, -0.05) is 0 Å². The predicted octanol–water partition coefficient (Wildman–Crippen LogP) is -2.65. The summed E-state index contributed by atoms with van der Waals surface area (Å²) in [6, 6.07) is 0. The molecule has 1 saturated carbocycles. The molecule has 6 nitrogen and oxygen atoms in total. The topological polar surface area (TPSA) is 114 Å². The third-order valence-electron chi connectivity index (χ3n) is 3.55. The molecular weight excluding hydrogens is 204 g/mol. The summed E-state index contributed by atoms with van der Waals surface area (Å²) in [6.45, 7) is 3.27. The molecule has 1 saturated heterocycles. The van der Waals surface area contributed by atoms with Gasteiger partial charge in [0.1, 0.15) is 30.5 Å². The van der Waals surface area contributed by atoms with Crippen molar-refractivity contribution >= 4 is 0 Å². The fourth-order valence-corrected chi connectivity index (χ4v) is 2.49. The third kappa shape index (κ3) is 1.15. The van der Waals surface area contributed by atoms with Crippen LogP contribution >= 0.6 is 0 Å². The molecule has 0 aromatic rings. The van der Waals surface area contributed by atoms with Crippen molar-refractivity contribution in [2.24, 2.45) is 0 Å². The molecule has 6 heteroatoms. The summed E-state index contributed by atoms with van der Waals surface area (Å²) in [7, 11) is 0. The Hall–Kier alpha value is -0.240. The Morgan fingerprint density at radius 3 is 1.40 bits per heavy atom. The Kier molecular flexibility index (Phi) is 2.18. The number of aliphatic hydroxyl groups is 5. The Labute approximate surface area is 86.7 Å². The van der Waals surface area contributed by atoms with Gasteiger partial charge in [0.05, 0.1) is 5.60 Å². The molecule has 2 aliphatic rings. The predicted molar refractivity (Wildman–Crippen MR) is 47.9 cm³/mol. The minimum Gasteiger partial charge on any atom is -0.387 e. The molecule has 1 heterocycles. The molecule has 1 aliphatic carbocycles. The quantitative estimate of drug-likeness (QED) is 0.285. The summed E-state index contributed by atoms with van der Waals surface area (Å²) < 4.78 is 5.22. The maximum Gasteiger partial charge on any atom is 0.154 e. The van der Waals surface area contributed by atoms with Crippen LogP contribution in [0, 0.1) is 0 Å². The Morgan fingerprint density at radius 2 is 1.13 bits per heavy atom. The van der Waals surface area contributed by atoms with Crippen molar-refractivity contribution in [3.05, 3.63) is 0 Å². The van der Waals surface area contributed by atoms with Gasteiger partial charge >= 0.3 is 0 Å². The minimum absolute atomic E-state index is 0.825. The van der Waals surface area contributed by atoms with E-state index in [9.17, 15) is 25.5 Å². The SMILES string of the molecule is CC1(C)OC12[C@H](O)[C@H](O)C(O)[C@H](O)[C@H]2O. The summed E-state index contributed by atoms with van der Waals surface area (Å²) in [4.78, 5) is 0. The molecule has 0 bridgehead atoms. The summed E-state index contributed by atoms with van der Waals surface area (Å²) in [5, 5.41) is 47.8. The molecule has 1 aliphatic heterocycles. The van der Waals surface area contributed by atoms with E-state index in [-0.39, 0.29) is 0 Å². The van der Waals surface area contributed by atoms with Crippen LogP contribution in [0.4, 0.5) is 0 Å². The van der Waals surface area contributed by atoms with Crippen LogP contribution in [0.3, 0.4) is 0 Å². The molecule has 15 heavy (non-hydrogen) atoms. The molecule has 0 aromatic heterocycles. The Bertz CT molecular complexity index is 262. The second kappa shape index (κ2) is 2.91. The van der Waals surface area contributed by atoms with Crippen LogP contribution in [-0.2, 0) is 4.74 Å². The van der Waals surface area contributed by atoms with E-state index in [1.54, 1.807) is 13.8 Å². The highest BCUT2D eigenvalue weighted by atomic mass is 16.7. The maximum absolute atomic E-state index is 9.76. The fourth-order valence-electron chi connectivity index (χ4n) is 2.49. The minimum atomic E-state index is -1.57. The lowest BCUT2D eigenvalue weighted by Gasteiger charge is -2.41. The van der Waals surface area contributed by atoms with Crippen LogP contribution in [0.5, 0.6) is 0 Å². The fraction of sp³-hybridized carbons (Fsp3) is 1.00. The normalized spacial score (nSPS) is 58.2. The smallest absolute Gasteiger partial charge is 0.154 e. The zero-order valence-corrected chi connectivity index (χ0v) is 8.53. The molecule has 0 amide bonds. The molecule has 1 spiro atoms. The highest BCUT2D eigenvalue weighted by molar-refractivity contribution is 5.25. The highest BCUT2D eigenvalue weighted by Crippen LogP contribution is 2.56. The molecular formula is C9H16O6. The first-order valence-corrected chi connectivity index (χ1v) is 4.86. The van der Waals surface area contributed by atoms with E-state index >= 15 is 0 Å². The van der Waals surface area contributed by atoms with Crippen molar-refractivity contribution in [3.8, 4) is 0 Å². The van der Waals surface area contributed by atoms with E-state index in [0.717, 1.165) is 0 Å². The number of rotatable bonds is 0. The van der Waals surface area contributed by atoms with Crippen molar-refractivity contribution in [3.63, 3.8) is 0 Å². The molecule has 6 atom stereocenters. The lowest BCUT2D eigenvalue weighted by atomic mass is 9.73. The van der Waals surface area contributed by atoms with Gasteiger partial charge in [-0.15, -0.1) is 0 Å². The zero-order chi connectivity index (χ0) is 11.6. The molecule has 2 unspecified atom stereocenters. The van der Waals surface area contributed by atoms with E-state index in [0.29, 0.717) is 0 Å². The Balaban J connectivity index is 2.33. The molecule has 2 fully saturated rings. The average molecular weight is 220 g/mol. The van der Waals surface area contributed by atoms with Gasteiger partial charge in [-0.3, -0.25) is 0 Å². The first-order valence-electron chi connectivity index (χ1n) is 4.86. The van der Waals surface area contributed by atoms with Crippen LogP contribution in [0.1, 0.15) is 13.8 Å². The summed E-state index contributed by atoms with van der Waals surface area (Å²) in [6.07, 6.45) is -7.45. The van der Waals surface area contributed by atoms with E-state index in [2.05, 4.69) is 0 Å². The molecule has 5 N–H and O–H groups in total. The van der Waals surface area contributed by atoms with Gasteiger partial charge in [-0.2, -0.15) is 0 Å². The van der Waals surface area contributed by atoms with Crippen LogP contribution in [0.25, 0.3) is 0 Å². The molecule has 0 radical (unpaired) electrons. The number of hydrogen-bond acceptors (Lipinski definition) is 6. The molecule has 0 aromatic carbocycles. The van der Waals surface area contributed by atoms with Crippen LogP contribution in [0.2, 0.25) is 0 Å². The van der Waals surface area contributed by atoms with Crippen molar-refractivity contribution in [2.75, 3.05) is 0 Å². The third-order valence-corrected chi connectivity index (χ3v) is 3.55. The standard InChI is InChI=1S/C9H16O6/c1-8(2)9(15-8)6(13)4(11)3(10)5(12)7(9)14/h3-7,10-14H,1-2H3/t3?,4-,5+,6-,7-,9?/m1/s1. The monoisotopic (exact) mass is 220 g/mol. The van der Waals surface area contributed by atoms with Crippen molar-refractivity contribution in [1.82, 2.24) is 0 Å². The van der Waals surface area contributed by atoms with Crippen molar-refractivity contribution < 1.29 is 30.3 Å². The van der Waals surface area contributed by atoms with E-state index in [4.69, 9.17) is 4.74 Å². The average Bonchev–Trinajstić information content (AvgIpc) is 2.75. The van der Waals surface area contributed by atoms with Gasteiger partial charge in [0.25, 0.3) is 0 Å². The number of hydrogen-bond donors (Lipinski definition) is 5.